The van der Waals surface area contributed by atoms with E-state index in [4.69, 9.17) is 5.73 Å². The van der Waals surface area contributed by atoms with Crippen LogP contribution in [0.25, 0.3) is 11.1 Å². The van der Waals surface area contributed by atoms with E-state index >= 15 is 0 Å². The molecular formula is C22H26N2O2. The maximum atomic E-state index is 12.9. The maximum Gasteiger partial charge on any atom is 0.253 e. The number of likely N-dealkylation sites (tertiary alicyclic amines) is 1. The molecular weight excluding hydrogens is 324 g/mol. The molecule has 1 saturated heterocycles. The first kappa shape index (κ1) is 18.2. The normalized spacial score (nSPS) is 17.3. The van der Waals surface area contributed by atoms with Crippen molar-refractivity contribution < 1.29 is 9.59 Å². The van der Waals surface area contributed by atoms with Crippen LogP contribution in [0.1, 0.15) is 48.5 Å². The molecule has 1 aliphatic rings. The minimum atomic E-state index is -0.317. The molecule has 0 saturated carbocycles. The second-order valence-electron chi connectivity index (χ2n) is 7.32. The highest BCUT2D eigenvalue weighted by molar-refractivity contribution is 5.96. The second-order valence-corrected chi connectivity index (χ2v) is 7.32. The van der Waals surface area contributed by atoms with Crippen molar-refractivity contribution in [2.45, 2.75) is 32.6 Å². The number of nitrogens with zero attached hydrogens (tertiary/aromatic N) is 1. The number of carbonyl (C=O) groups excluding carboxylic acids is 2. The Balaban J connectivity index is 1.88. The van der Waals surface area contributed by atoms with Gasteiger partial charge >= 0.3 is 0 Å². The third kappa shape index (κ3) is 3.79. The van der Waals surface area contributed by atoms with Crippen molar-refractivity contribution in [2.24, 2.45) is 11.7 Å². The Bertz CT molecular complexity index is 813. The summed E-state index contributed by atoms with van der Waals surface area (Å²) >= 11 is 0. The molecule has 0 aromatic heterocycles. The van der Waals surface area contributed by atoms with Crippen LogP contribution in [0, 0.1) is 5.92 Å². The quantitative estimate of drug-likeness (QED) is 0.911. The number of piperidine rings is 1. The van der Waals surface area contributed by atoms with Gasteiger partial charge in [-0.25, -0.2) is 0 Å². The minimum absolute atomic E-state index is 0.0279. The minimum Gasteiger partial charge on any atom is -0.369 e. The molecule has 1 heterocycles. The monoisotopic (exact) mass is 350 g/mol. The fraction of sp³-hybridized carbons (Fsp3) is 0.364. The van der Waals surface area contributed by atoms with Gasteiger partial charge in [0.1, 0.15) is 0 Å². The van der Waals surface area contributed by atoms with Gasteiger partial charge in [-0.2, -0.15) is 0 Å². The van der Waals surface area contributed by atoms with Crippen LogP contribution in [0.15, 0.2) is 48.5 Å². The fourth-order valence-electron chi connectivity index (χ4n) is 3.66. The average Bonchev–Trinajstić information content (AvgIpc) is 2.67. The first-order valence-electron chi connectivity index (χ1n) is 9.25. The first-order chi connectivity index (χ1) is 12.5. The van der Waals surface area contributed by atoms with Crippen molar-refractivity contribution in [1.29, 1.82) is 0 Å². The standard InChI is InChI=1S/C22H26N2O2/c1-15(2)19-10-3-4-11-20(19)16-7-5-8-17(13-16)22(26)24-12-6-9-18(14-24)21(23)25/h3-5,7-8,10-11,13,15,18H,6,9,12,14H2,1-2H3,(H2,23,25)/t18-/m1/s1. The molecule has 1 aliphatic heterocycles. The molecule has 0 spiro atoms. The summed E-state index contributed by atoms with van der Waals surface area (Å²) in [7, 11) is 0. The van der Waals surface area contributed by atoms with Crippen LogP contribution in [0.2, 0.25) is 0 Å². The van der Waals surface area contributed by atoms with Gasteiger partial charge in [0.2, 0.25) is 5.91 Å². The summed E-state index contributed by atoms with van der Waals surface area (Å²) in [5.74, 6) is -0.177. The lowest BCUT2D eigenvalue weighted by atomic mass is 9.91. The van der Waals surface area contributed by atoms with Gasteiger partial charge in [-0.3, -0.25) is 9.59 Å². The van der Waals surface area contributed by atoms with Gasteiger partial charge in [-0.1, -0.05) is 50.2 Å². The predicted octanol–water partition coefficient (Wildman–Crippen LogP) is 3.81. The largest absolute Gasteiger partial charge is 0.369 e. The highest BCUT2D eigenvalue weighted by atomic mass is 16.2. The van der Waals surface area contributed by atoms with Crippen LogP contribution in [-0.2, 0) is 4.79 Å². The molecule has 4 nitrogen and oxygen atoms in total. The lowest BCUT2D eigenvalue weighted by Gasteiger charge is -2.31. The number of carbonyl (C=O) groups is 2. The van der Waals surface area contributed by atoms with Crippen molar-refractivity contribution in [1.82, 2.24) is 4.90 Å². The molecule has 3 rings (SSSR count). The molecule has 0 aliphatic carbocycles. The summed E-state index contributed by atoms with van der Waals surface area (Å²) in [5, 5.41) is 0. The summed E-state index contributed by atoms with van der Waals surface area (Å²) in [6.45, 7) is 5.44. The molecule has 2 aromatic carbocycles. The first-order valence-corrected chi connectivity index (χ1v) is 9.25. The lowest BCUT2D eigenvalue weighted by Crippen LogP contribution is -2.44. The van der Waals surface area contributed by atoms with E-state index in [1.165, 1.54) is 5.56 Å². The Morgan fingerprint density at radius 1 is 1.12 bits per heavy atom. The zero-order chi connectivity index (χ0) is 18.7. The van der Waals surface area contributed by atoms with Gasteiger partial charge < -0.3 is 10.6 Å². The number of hydrogen-bond acceptors (Lipinski definition) is 2. The van der Waals surface area contributed by atoms with E-state index in [-0.39, 0.29) is 17.7 Å². The summed E-state index contributed by atoms with van der Waals surface area (Å²) < 4.78 is 0. The Hall–Kier alpha value is -2.62. The molecule has 1 atom stereocenters. The summed E-state index contributed by atoms with van der Waals surface area (Å²) in [5.41, 5.74) is 9.57. The van der Waals surface area contributed by atoms with Gasteiger partial charge in [0, 0.05) is 18.7 Å². The van der Waals surface area contributed by atoms with E-state index in [2.05, 4.69) is 26.0 Å². The smallest absolute Gasteiger partial charge is 0.253 e. The van der Waals surface area contributed by atoms with E-state index in [1.807, 2.05) is 36.4 Å². The Morgan fingerprint density at radius 2 is 1.88 bits per heavy atom. The number of hydrogen-bond donors (Lipinski definition) is 1. The number of amides is 2. The van der Waals surface area contributed by atoms with Gasteiger partial charge in [0.25, 0.3) is 5.91 Å². The summed E-state index contributed by atoms with van der Waals surface area (Å²) in [6.07, 6.45) is 1.58. The Labute approximate surface area is 155 Å². The van der Waals surface area contributed by atoms with Crippen molar-refractivity contribution in [3.05, 3.63) is 59.7 Å². The number of rotatable bonds is 4. The summed E-state index contributed by atoms with van der Waals surface area (Å²) in [6, 6.07) is 16.1. The molecule has 0 unspecified atom stereocenters. The fourth-order valence-corrected chi connectivity index (χ4v) is 3.66. The predicted molar refractivity (Wildman–Crippen MR) is 104 cm³/mol. The van der Waals surface area contributed by atoms with Crippen LogP contribution in [-0.4, -0.2) is 29.8 Å². The Kier molecular flexibility index (Phi) is 5.40. The molecule has 26 heavy (non-hydrogen) atoms. The number of benzene rings is 2. The SMILES string of the molecule is CC(C)c1ccccc1-c1cccc(C(=O)N2CCC[C@@H](C(N)=O)C2)c1. The van der Waals surface area contributed by atoms with Crippen LogP contribution in [0.5, 0.6) is 0 Å². The topological polar surface area (TPSA) is 63.4 Å². The second kappa shape index (κ2) is 7.73. The number of nitrogens with two attached hydrogens (primary N) is 1. The van der Waals surface area contributed by atoms with E-state index in [9.17, 15) is 9.59 Å². The molecule has 4 heteroatoms. The average molecular weight is 350 g/mol. The van der Waals surface area contributed by atoms with E-state index in [1.54, 1.807) is 4.90 Å². The van der Waals surface area contributed by atoms with E-state index in [0.29, 0.717) is 24.6 Å². The van der Waals surface area contributed by atoms with Gasteiger partial charge in [-0.05, 0) is 47.6 Å². The lowest BCUT2D eigenvalue weighted by molar-refractivity contribution is -0.123. The van der Waals surface area contributed by atoms with Crippen molar-refractivity contribution in [2.75, 3.05) is 13.1 Å². The maximum absolute atomic E-state index is 12.9. The molecule has 0 radical (unpaired) electrons. The van der Waals surface area contributed by atoms with Crippen LogP contribution in [0.3, 0.4) is 0 Å². The van der Waals surface area contributed by atoms with E-state index < -0.39 is 0 Å². The van der Waals surface area contributed by atoms with E-state index in [0.717, 1.165) is 24.0 Å². The molecule has 136 valence electrons. The molecule has 1 fully saturated rings. The van der Waals surface area contributed by atoms with Gasteiger partial charge in [0.15, 0.2) is 0 Å². The van der Waals surface area contributed by atoms with Gasteiger partial charge in [-0.15, -0.1) is 0 Å². The zero-order valence-electron chi connectivity index (χ0n) is 15.4. The van der Waals surface area contributed by atoms with Crippen molar-refractivity contribution in [3.8, 4) is 11.1 Å². The third-order valence-corrected chi connectivity index (χ3v) is 5.11. The zero-order valence-corrected chi connectivity index (χ0v) is 15.4. The van der Waals surface area contributed by atoms with Crippen LogP contribution >= 0.6 is 0 Å². The van der Waals surface area contributed by atoms with Gasteiger partial charge in [0.05, 0.1) is 5.92 Å². The highest BCUT2D eigenvalue weighted by Crippen LogP contribution is 2.30. The molecule has 2 N–H and O–H groups in total. The van der Waals surface area contributed by atoms with Crippen LogP contribution in [0.4, 0.5) is 0 Å². The van der Waals surface area contributed by atoms with Crippen LogP contribution < -0.4 is 5.73 Å². The Morgan fingerprint density at radius 3 is 2.62 bits per heavy atom. The van der Waals surface area contributed by atoms with Crippen molar-refractivity contribution in [3.63, 3.8) is 0 Å². The molecule has 2 amide bonds. The van der Waals surface area contributed by atoms with Crippen molar-refractivity contribution >= 4 is 11.8 Å². The third-order valence-electron chi connectivity index (χ3n) is 5.11. The number of primary amides is 1. The highest BCUT2D eigenvalue weighted by Gasteiger charge is 2.27. The molecule has 2 aromatic rings. The summed E-state index contributed by atoms with van der Waals surface area (Å²) in [4.78, 5) is 26.2. The molecule has 0 bridgehead atoms.